The van der Waals surface area contributed by atoms with E-state index in [0.29, 0.717) is 0 Å². The van der Waals surface area contributed by atoms with E-state index >= 15 is 0 Å². The average Bonchev–Trinajstić information content (AvgIpc) is 2.29. The normalized spacial score (nSPS) is 10.9. The highest BCUT2D eigenvalue weighted by Crippen LogP contribution is 2.36. The fourth-order valence-corrected chi connectivity index (χ4v) is 2.16. The maximum Gasteiger partial charge on any atom is 0.418 e. The molecule has 0 saturated heterocycles. The summed E-state index contributed by atoms with van der Waals surface area (Å²) < 4.78 is 42.8. The first-order chi connectivity index (χ1) is 8.31. The van der Waals surface area contributed by atoms with Crippen molar-refractivity contribution in [1.82, 2.24) is 0 Å². The highest BCUT2D eigenvalue weighted by atomic mass is 127. The van der Waals surface area contributed by atoms with Gasteiger partial charge in [-0.15, -0.1) is 0 Å². The summed E-state index contributed by atoms with van der Waals surface area (Å²) in [5, 5.41) is 8.87. The second-order valence-electron chi connectivity index (χ2n) is 3.32. The molecule has 0 aliphatic rings. The molecule has 0 bridgehead atoms. The van der Waals surface area contributed by atoms with Crippen LogP contribution in [0.4, 0.5) is 13.2 Å². The van der Waals surface area contributed by atoms with Crippen molar-refractivity contribution in [2.75, 3.05) is 7.11 Å². The Morgan fingerprint density at radius 1 is 1.50 bits per heavy atom. The number of hydrogen-bond donors (Lipinski definition) is 0. The minimum atomic E-state index is -4.63. The lowest BCUT2D eigenvalue weighted by atomic mass is 9.99. The maximum absolute atomic E-state index is 12.8. The molecule has 0 saturated carbocycles. The van der Waals surface area contributed by atoms with Gasteiger partial charge < -0.3 is 4.74 Å². The molecule has 0 aliphatic carbocycles. The van der Waals surface area contributed by atoms with Crippen molar-refractivity contribution in [3.8, 4) is 6.07 Å². The van der Waals surface area contributed by atoms with Crippen LogP contribution in [0.3, 0.4) is 0 Å². The Bertz CT molecular complexity index is 520. The summed E-state index contributed by atoms with van der Waals surface area (Å²) in [7, 11) is 1.13. The van der Waals surface area contributed by atoms with E-state index in [1.54, 1.807) is 0 Å². The number of nitrogens with zero attached hydrogens (tertiary/aromatic N) is 1. The Morgan fingerprint density at radius 3 is 2.56 bits per heavy atom. The first-order valence-electron chi connectivity index (χ1n) is 4.66. The lowest BCUT2D eigenvalue weighted by Crippen LogP contribution is -2.14. The van der Waals surface area contributed by atoms with E-state index in [-0.39, 0.29) is 15.6 Å². The van der Waals surface area contributed by atoms with Gasteiger partial charge in [-0.2, -0.15) is 18.4 Å². The maximum atomic E-state index is 12.8. The summed E-state index contributed by atoms with van der Waals surface area (Å²) in [5.74, 6) is -0.694. The molecule has 3 nitrogen and oxygen atoms in total. The van der Waals surface area contributed by atoms with Crippen molar-refractivity contribution in [3.63, 3.8) is 0 Å². The molecule has 0 unspecified atom stereocenters. The Balaban J connectivity index is 3.40. The average molecular weight is 369 g/mol. The topological polar surface area (TPSA) is 50.1 Å². The lowest BCUT2D eigenvalue weighted by Gasteiger charge is -2.13. The number of ether oxygens (including phenoxy) is 1. The van der Waals surface area contributed by atoms with Crippen LogP contribution < -0.4 is 0 Å². The highest BCUT2D eigenvalue weighted by Gasteiger charge is 2.37. The Kier molecular flexibility index (Phi) is 4.56. The van der Waals surface area contributed by atoms with Crippen molar-refractivity contribution in [2.45, 2.75) is 12.6 Å². The fourth-order valence-electron chi connectivity index (χ4n) is 1.40. The van der Waals surface area contributed by atoms with Crippen LogP contribution in [0.5, 0.6) is 0 Å². The molecular formula is C11H7F3INO2. The zero-order valence-electron chi connectivity index (χ0n) is 9.14. The molecule has 1 aromatic rings. The molecule has 0 aliphatic heterocycles. The second kappa shape index (κ2) is 5.56. The predicted molar refractivity (Wildman–Crippen MR) is 64.6 cm³/mol. The van der Waals surface area contributed by atoms with Crippen LogP contribution in [-0.4, -0.2) is 13.1 Å². The van der Waals surface area contributed by atoms with Crippen LogP contribution in [0.15, 0.2) is 12.1 Å². The molecule has 0 aromatic heterocycles. The van der Waals surface area contributed by atoms with Gasteiger partial charge in [-0.25, -0.2) is 0 Å². The summed E-state index contributed by atoms with van der Waals surface area (Å²) in [6.07, 6.45) is -4.99. The van der Waals surface area contributed by atoms with Crippen molar-refractivity contribution in [1.29, 1.82) is 5.26 Å². The summed E-state index contributed by atoms with van der Waals surface area (Å²) in [5.41, 5.74) is -1.52. The molecule has 1 rings (SSSR count). The molecule has 0 amide bonds. The molecule has 96 valence electrons. The number of nitriles is 1. The summed E-state index contributed by atoms with van der Waals surface area (Å²) in [4.78, 5) is 11.1. The zero-order chi connectivity index (χ0) is 13.9. The monoisotopic (exact) mass is 369 g/mol. The zero-order valence-corrected chi connectivity index (χ0v) is 11.3. The van der Waals surface area contributed by atoms with Crippen molar-refractivity contribution in [2.24, 2.45) is 0 Å². The molecule has 0 radical (unpaired) electrons. The van der Waals surface area contributed by atoms with Crippen molar-refractivity contribution in [3.05, 3.63) is 32.4 Å². The van der Waals surface area contributed by atoms with E-state index in [2.05, 4.69) is 4.74 Å². The van der Waals surface area contributed by atoms with Gasteiger partial charge in [-0.05, 0) is 34.2 Å². The number of methoxy groups -OCH3 is 1. The number of halogens is 4. The number of carbonyl (C=O) groups is 1. The van der Waals surface area contributed by atoms with E-state index < -0.39 is 23.3 Å². The Labute approximate surface area is 115 Å². The van der Waals surface area contributed by atoms with E-state index in [1.165, 1.54) is 40.8 Å². The summed E-state index contributed by atoms with van der Waals surface area (Å²) >= 11 is 1.51. The molecule has 1 aromatic carbocycles. The summed E-state index contributed by atoms with van der Waals surface area (Å²) in [6, 6.07) is 4.06. The third-order valence-corrected chi connectivity index (χ3v) is 3.10. The van der Waals surface area contributed by atoms with Crippen LogP contribution in [0, 0.1) is 14.9 Å². The third-order valence-electron chi connectivity index (χ3n) is 2.20. The molecule has 0 heterocycles. The van der Waals surface area contributed by atoms with Crippen LogP contribution in [0.1, 0.15) is 16.7 Å². The quantitative estimate of drug-likeness (QED) is 0.595. The third kappa shape index (κ3) is 3.13. The molecule has 0 atom stereocenters. The number of alkyl halides is 3. The van der Waals surface area contributed by atoms with E-state index in [1.807, 2.05) is 0 Å². The predicted octanol–water partition coefficient (Wildman–Crippen LogP) is 2.90. The van der Waals surface area contributed by atoms with Gasteiger partial charge in [-0.1, -0.05) is 6.07 Å². The molecule has 18 heavy (non-hydrogen) atoms. The largest absolute Gasteiger partial charge is 0.469 e. The van der Waals surface area contributed by atoms with Crippen LogP contribution in [0.25, 0.3) is 0 Å². The molecule has 0 spiro atoms. The highest BCUT2D eigenvalue weighted by molar-refractivity contribution is 14.1. The smallest absolute Gasteiger partial charge is 0.418 e. The lowest BCUT2D eigenvalue weighted by molar-refractivity contribution is -0.141. The fraction of sp³-hybridized carbons (Fsp3) is 0.273. The standard InChI is InChI=1S/C11H7F3INO2/c1-18-9(17)4-6-2-3-8(15)10(7(6)5-16)11(12,13)14/h2-3H,4H2,1H3. The van der Waals surface area contributed by atoms with Crippen LogP contribution in [0.2, 0.25) is 0 Å². The van der Waals surface area contributed by atoms with Gasteiger partial charge in [0.15, 0.2) is 0 Å². The number of rotatable bonds is 2. The minimum absolute atomic E-state index is 0.0112. The minimum Gasteiger partial charge on any atom is -0.469 e. The van der Waals surface area contributed by atoms with E-state index in [0.717, 1.165) is 7.11 Å². The summed E-state index contributed by atoms with van der Waals surface area (Å²) in [6.45, 7) is 0. The van der Waals surface area contributed by atoms with Gasteiger partial charge in [0.1, 0.15) is 6.07 Å². The van der Waals surface area contributed by atoms with Crippen molar-refractivity contribution < 1.29 is 22.7 Å². The molecule has 0 fully saturated rings. The first-order valence-corrected chi connectivity index (χ1v) is 5.74. The van der Waals surface area contributed by atoms with Crippen LogP contribution in [-0.2, 0) is 22.1 Å². The van der Waals surface area contributed by atoms with E-state index in [4.69, 9.17) is 5.26 Å². The number of benzene rings is 1. The van der Waals surface area contributed by atoms with Crippen LogP contribution >= 0.6 is 22.6 Å². The van der Waals surface area contributed by atoms with Gasteiger partial charge in [0.05, 0.1) is 24.7 Å². The Hall–Kier alpha value is -1.30. The van der Waals surface area contributed by atoms with Crippen molar-refractivity contribution >= 4 is 28.6 Å². The van der Waals surface area contributed by atoms with Gasteiger partial charge >= 0.3 is 12.1 Å². The Morgan fingerprint density at radius 2 is 2.11 bits per heavy atom. The number of carbonyl (C=O) groups excluding carboxylic acids is 1. The molecule has 7 heteroatoms. The van der Waals surface area contributed by atoms with Gasteiger partial charge in [0, 0.05) is 3.57 Å². The molecule has 0 N–H and O–H groups in total. The first kappa shape index (κ1) is 14.8. The van der Waals surface area contributed by atoms with E-state index in [9.17, 15) is 18.0 Å². The van der Waals surface area contributed by atoms with Gasteiger partial charge in [-0.3, -0.25) is 4.79 Å². The van der Waals surface area contributed by atoms with Gasteiger partial charge in [0.25, 0.3) is 0 Å². The SMILES string of the molecule is COC(=O)Cc1ccc(I)c(C(F)(F)F)c1C#N. The molecular weight excluding hydrogens is 362 g/mol. The number of esters is 1. The number of hydrogen-bond acceptors (Lipinski definition) is 3. The van der Waals surface area contributed by atoms with Gasteiger partial charge in [0.2, 0.25) is 0 Å². The second-order valence-corrected chi connectivity index (χ2v) is 4.48.